The molecule has 0 bridgehead atoms. The Bertz CT molecular complexity index is 723. The number of benzene rings is 1. The fourth-order valence-corrected chi connectivity index (χ4v) is 2.75. The lowest BCUT2D eigenvalue weighted by Gasteiger charge is -2.11. The summed E-state index contributed by atoms with van der Waals surface area (Å²) in [6, 6.07) is 10.3. The molecular formula is C17H18N2O4. The van der Waals surface area contributed by atoms with Gasteiger partial charge in [-0.2, -0.15) is 0 Å². The molecule has 120 valence electrons. The van der Waals surface area contributed by atoms with E-state index in [-0.39, 0.29) is 24.3 Å². The van der Waals surface area contributed by atoms with Crippen LogP contribution in [0.1, 0.15) is 12.2 Å². The van der Waals surface area contributed by atoms with Crippen LogP contribution in [0.3, 0.4) is 0 Å². The predicted octanol–water partition coefficient (Wildman–Crippen LogP) is 2.88. The van der Waals surface area contributed by atoms with Gasteiger partial charge in [-0.3, -0.25) is 10.1 Å². The van der Waals surface area contributed by atoms with Crippen molar-refractivity contribution < 1.29 is 14.4 Å². The molecule has 2 atom stereocenters. The number of aliphatic hydroxyl groups is 1. The van der Waals surface area contributed by atoms with Crippen LogP contribution in [0.15, 0.2) is 53.0 Å². The van der Waals surface area contributed by atoms with Crippen molar-refractivity contribution in [2.45, 2.75) is 19.0 Å². The first kappa shape index (κ1) is 15.5. The van der Waals surface area contributed by atoms with Gasteiger partial charge in [0.1, 0.15) is 11.5 Å². The monoisotopic (exact) mass is 314 g/mol. The summed E-state index contributed by atoms with van der Waals surface area (Å²) in [4.78, 5) is 10.7. The molecule has 0 saturated heterocycles. The third-order valence-electron chi connectivity index (χ3n) is 3.97. The Kier molecular flexibility index (Phi) is 4.55. The minimum Gasteiger partial charge on any atom is -0.459 e. The first-order chi connectivity index (χ1) is 11.2. The molecule has 0 fully saturated rings. The van der Waals surface area contributed by atoms with E-state index >= 15 is 0 Å². The van der Waals surface area contributed by atoms with Crippen molar-refractivity contribution in [3.05, 3.63) is 64.4 Å². The van der Waals surface area contributed by atoms with Crippen LogP contribution in [-0.4, -0.2) is 22.7 Å². The molecule has 0 amide bonds. The molecule has 0 aliphatic heterocycles. The highest BCUT2D eigenvalue weighted by Crippen LogP contribution is 2.30. The Labute approximate surface area is 133 Å². The van der Waals surface area contributed by atoms with Crippen molar-refractivity contribution in [1.82, 2.24) is 5.32 Å². The molecule has 6 heteroatoms. The molecule has 0 unspecified atom stereocenters. The van der Waals surface area contributed by atoms with Crippen LogP contribution in [0.25, 0.3) is 11.3 Å². The molecule has 0 spiro atoms. The minimum absolute atomic E-state index is 0.0332. The van der Waals surface area contributed by atoms with E-state index in [2.05, 4.69) is 5.32 Å². The van der Waals surface area contributed by atoms with Gasteiger partial charge in [-0.1, -0.05) is 24.3 Å². The summed E-state index contributed by atoms with van der Waals surface area (Å²) in [5.41, 5.74) is 0.510. The van der Waals surface area contributed by atoms with Gasteiger partial charge < -0.3 is 14.8 Å². The van der Waals surface area contributed by atoms with Crippen molar-refractivity contribution in [2.75, 3.05) is 6.61 Å². The number of hydrogen-bond donors (Lipinski definition) is 2. The second-order valence-electron chi connectivity index (χ2n) is 5.59. The lowest BCUT2D eigenvalue weighted by Crippen LogP contribution is -2.25. The standard InChI is InChI=1S/C17H18N2O4/c20-11-12-5-6-13(9-12)18-10-14-7-8-17(23-14)15-3-1-2-4-16(15)19(21)22/h1-8,12-13,18,20H,9-11H2/t12-,13+/m0/s1. The summed E-state index contributed by atoms with van der Waals surface area (Å²) in [5, 5.41) is 23.5. The molecule has 1 aromatic carbocycles. The average molecular weight is 314 g/mol. The number of hydrogen-bond acceptors (Lipinski definition) is 5. The zero-order chi connectivity index (χ0) is 16.2. The van der Waals surface area contributed by atoms with Gasteiger partial charge in [-0.25, -0.2) is 0 Å². The summed E-state index contributed by atoms with van der Waals surface area (Å²) in [5.74, 6) is 1.43. The van der Waals surface area contributed by atoms with E-state index < -0.39 is 4.92 Å². The lowest BCUT2D eigenvalue weighted by molar-refractivity contribution is -0.384. The maximum absolute atomic E-state index is 11.1. The van der Waals surface area contributed by atoms with E-state index in [4.69, 9.17) is 9.52 Å². The van der Waals surface area contributed by atoms with Gasteiger partial charge in [0.25, 0.3) is 5.69 Å². The lowest BCUT2D eigenvalue weighted by atomic mass is 10.1. The Morgan fingerprint density at radius 3 is 2.83 bits per heavy atom. The second kappa shape index (κ2) is 6.76. The van der Waals surface area contributed by atoms with E-state index in [1.54, 1.807) is 24.3 Å². The second-order valence-corrected chi connectivity index (χ2v) is 5.59. The Hall–Kier alpha value is -2.44. The number of nitrogens with one attached hydrogen (secondary N) is 1. The van der Waals surface area contributed by atoms with Crippen molar-refractivity contribution in [3.63, 3.8) is 0 Å². The number of rotatable bonds is 6. The number of aliphatic hydroxyl groups excluding tert-OH is 1. The summed E-state index contributed by atoms with van der Waals surface area (Å²) < 4.78 is 5.73. The van der Waals surface area contributed by atoms with Crippen molar-refractivity contribution in [2.24, 2.45) is 5.92 Å². The molecule has 1 aromatic heterocycles. The first-order valence-corrected chi connectivity index (χ1v) is 7.52. The quantitative estimate of drug-likeness (QED) is 0.486. The van der Waals surface area contributed by atoms with Crippen LogP contribution in [0, 0.1) is 16.0 Å². The highest BCUT2D eigenvalue weighted by Gasteiger charge is 2.19. The number of nitrogens with zero attached hydrogens (tertiary/aromatic N) is 1. The molecule has 0 radical (unpaired) electrons. The fraction of sp³-hybridized carbons (Fsp3) is 0.294. The van der Waals surface area contributed by atoms with Crippen molar-refractivity contribution in [3.8, 4) is 11.3 Å². The molecule has 1 heterocycles. The Balaban J connectivity index is 1.67. The normalized spacial score (nSPS) is 20.0. The Morgan fingerprint density at radius 1 is 1.26 bits per heavy atom. The first-order valence-electron chi connectivity index (χ1n) is 7.52. The fourth-order valence-electron chi connectivity index (χ4n) is 2.75. The van der Waals surface area contributed by atoms with Gasteiger partial charge >= 0.3 is 0 Å². The summed E-state index contributed by atoms with van der Waals surface area (Å²) in [6.07, 6.45) is 4.93. The highest BCUT2D eigenvalue weighted by molar-refractivity contribution is 5.69. The number of nitro benzene ring substituents is 1. The third-order valence-corrected chi connectivity index (χ3v) is 3.97. The average Bonchev–Trinajstić information content (AvgIpc) is 3.22. The largest absolute Gasteiger partial charge is 0.459 e. The molecule has 1 aliphatic carbocycles. The van der Waals surface area contributed by atoms with E-state index in [1.165, 1.54) is 6.07 Å². The predicted molar refractivity (Wildman–Crippen MR) is 85.8 cm³/mol. The summed E-state index contributed by atoms with van der Waals surface area (Å²) in [7, 11) is 0. The van der Waals surface area contributed by atoms with Gasteiger partial charge in [0.15, 0.2) is 0 Å². The van der Waals surface area contributed by atoms with Crippen LogP contribution in [0.2, 0.25) is 0 Å². The van der Waals surface area contributed by atoms with Crippen molar-refractivity contribution in [1.29, 1.82) is 0 Å². The van der Waals surface area contributed by atoms with Gasteiger partial charge in [0.05, 0.1) is 17.0 Å². The number of para-hydroxylation sites is 1. The molecular weight excluding hydrogens is 296 g/mol. The number of nitro groups is 1. The summed E-state index contributed by atoms with van der Waals surface area (Å²) in [6.45, 7) is 0.699. The van der Waals surface area contributed by atoms with Gasteiger partial charge in [-0.05, 0) is 24.6 Å². The van der Waals surface area contributed by atoms with Crippen LogP contribution >= 0.6 is 0 Å². The maximum atomic E-state index is 11.1. The zero-order valence-corrected chi connectivity index (χ0v) is 12.5. The molecule has 2 N–H and O–H groups in total. The van der Waals surface area contributed by atoms with Crippen LogP contribution < -0.4 is 5.32 Å². The van der Waals surface area contributed by atoms with E-state index in [0.29, 0.717) is 17.9 Å². The van der Waals surface area contributed by atoms with Gasteiger partial charge in [0.2, 0.25) is 0 Å². The molecule has 23 heavy (non-hydrogen) atoms. The van der Waals surface area contributed by atoms with E-state index in [0.717, 1.165) is 12.2 Å². The minimum atomic E-state index is -0.409. The molecule has 6 nitrogen and oxygen atoms in total. The van der Waals surface area contributed by atoms with E-state index in [9.17, 15) is 10.1 Å². The SMILES string of the molecule is O=[N+]([O-])c1ccccc1-c1ccc(CN[C@@H]2C=C[C@H](CO)C2)o1. The van der Waals surface area contributed by atoms with Gasteiger partial charge in [0, 0.05) is 24.6 Å². The molecule has 3 rings (SSSR count). The summed E-state index contributed by atoms with van der Waals surface area (Å²) >= 11 is 0. The van der Waals surface area contributed by atoms with Gasteiger partial charge in [-0.15, -0.1) is 0 Å². The Morgan fingerprint density at radius 2 is 2.09 bits per heavy atom. The number of furan rings is 1. The zero-order valence-electron chi connectivity index (χ0n) is 12.5. The van der Waals surface area contributed by atoms with E-state index in [1.807, 2.05) is 18.2 Å². The van der Waals surface area contributed by atoms with Crippen LogP contribution in [0.5, 0.6) is 0 Å². The molecule has 2 aromatic rings. The van der Waals surface area contributed by atoms with Crippen LogP contribution in [-0.2, 0) is 6.54 Å². The third kappa shape index (κ3) is 3.49. The molecule has 0 saturated carbocycles. The van der Waals surface area contributed by atoms with Crippen molar-refractivity contribution >= 4 is 5.69 Å². The van der Waals surface area contributed by atoms with Crippen LogP contribution in [0.4, 0.5) is 5.69 Å². The maximum Gasteiger partial charge on any atom is 0.280 e. The smallest absolute Gasteiger partial charge is 0.280 e. The highest BCUT2D eigenvalue weighted by atomic mass is 16.6. The topological polar surface area (TPSA) is 88.5 Å². The molecule has 1 aliphatic rings.